The number of amides is 1. The lowest BCUT2D eigenvalue weighted by Crippen LogP contribution is -2.48. The van der Waals surface area contributed by atoms with Gasteiger partial charge in [0.05, 0.1) is 6.54 Å². The lowest BCUT2D eigenvalue weighted by atomic mass is 9.92. The van der Waals surface area contributed by atoms with Crippen LogP contribution in [-0.4, -0.2) is 47.8 Å². The van der Waals surface area contributed by atoms with E-state index in [1.54, 1.807) is 0 Å². The SMILES string of the molecule is CCNC(=NCc1cccc(CN2CCCC2=O)c1)N1CC(C)CC(C)C1.I. The minimum Gasteiger partial charge on any atom is -0.357 e. The van der Waals surface area contributed by atoms with E-state index in [1.165, 1.54) is 17.5 Å². The third-order valence-corrected chi connectivity index (χ3v) is 5.45. The number of benzene rings is 1. The van der Waals surface area contributed by atoms with Crippen LogP contribution in [0.3, 0.4) is 0 Å². The monoisotopic (exact) mass is 498 g/mol. The van der Waals surface area contributed by atoms with Crippen LogP contribution in [-0.2, 0) is 17.9 Å². The molecule has 2 unspecified atom stereocenters. The lowest BCUT2D eigenvalue weighted by molar-refractivity contribution is -0.128. The summed E-state index contributed by atoms with van der Waals surface area (Å²) in [7, 11) is 0. The number of carbonyl (C=O) groups excluding carboxylic acids is 1. The highest BCUT2D eigenvalue weighted by atomic mass is 127. The predicted octanol–water partition coefficient (Wildman–Crippen LogP) is 3.87. The molecule has 3 rings (SSSR count). The highest BCUT2D eigenvalue weighted by Gasteiger charge is 2.24. The largest absolute Gasteiger partial charge is 0.357 e. The maximum Gasteiger partial charge on any atom is 0.222 e. The van der Waals surface area contributed by atoms with E-state index >= 15 is 0 Å². The number of guanidine groups is 1. The summed E-state index contributed by atoms with van der Waals surface area (Å²) >= 11 is 0. The van der Waals surface area contributed by atoms with E-state index in [-0.39, 0.29) is 29.9 Å². The van der Waals surface area contributed by atoms with Crippen molar-refractivity contribution in [2.45, 2.75) is 53.1 Å². The minimum atomic E-state index is 0. The van der Waals surface area contributed by atoms with Gasteiger partial charge < -0.3 is 15.1 Å². The first kappa shape index (κ1) is 23.0. The van der Waals surface area contributed by atoms with Crippen LogP contribution in [0.15, 0.2) is 29.3 Å². The van der Waals surface area contributed by atoms with Crippen molar-refractivity contribution in [2.75, 3.05) is 26.2 Å². The maximum atomic E-state index is 11.9. The van der Waals surface area contributed by atoms with Gasteiger partial charge in [-0.1, -0.05) is 38.1 Å². The molecule has 2 aliphatic rings. The van der Waals surface area contributed by atoms with Gasteiger partial charge in [0.15, 0.2) is 5.96 Å². The number of hydrogen-bond acceptors (Lipinski definition) is 2. The van der Waals surface area contributed by atoms with Gasteiger partial charge in [-0.15, -0.1) is 24.0 Å². The Kier molecular flexibility index (Phi) is 9.05. The van der Waals surface area contributed by atoms with Crippen LogP contribution >= 0.6 is 24.0 Å². The fourth-order valence-corrected chi connectivity index (χ4v) is 4.35. The molecule has 0 saturated carbocycles. The molecule has 0 bridgehead atoms. The number of aliphatic imine (C=N–C) groups is 1. The van der Waals surface area contributed by atoms with Crippen molar-refractivity contribution in [1.82, 2.24) is 15.1 Å². The molecule has 6 heteroatoms. The van der Waals surface area contributed by atoms with Crippen molar-refractivity contribution in [3.05, 3.63) is 35.4 Å². The van der Waals surface area contributed by atoms with Gasteiger partial charge in [0.25, 0.3) is 0 Å². The molecule has 2 saturated heterocycles. The Hall–Kier alpha value is -1.31. The van der Waals surface area contributed by atoms with Gasteiger partial charge in [-0.25, -0.2) is 4.99 Å². The van der Waals surface area contributed by atoms with Crippen molar-refractivity contribution in [3.63, 3.8) is 0 Å². The number of nitrogens with zero attached hydrogens (tertiary/aromatic N) is 3. The quantitative estimate of drug-likeness (QED) is 0.381. The molecule has 2 aliphatic heterocycles. The van der Waals surface area contributed by atoms with Gasteiger partial charge in [-0.3, -0.25) is 4.79 Å². The summed E-state index contributed by atoms with van der Waals surface area (Å²) in [5.41, 5.74) is 2.40. The molecule has 5 nitrogen and oxygen atoms in total. The molecule has 2 atom stereocenters. The van der Waals surface area contributed by atoms with Crippen molar-refractivity contribution in [2.24, 2.45) is 16.8 Å². The third-order valence-electron chi connectivity index (χ3n) is 5.45. The molecule has 2 heterocycles. The first-order chi connectivity index (χ1) is 13.0. The molecule has 0 aliphatic carbocycles. The van der Waals surface area contributed by atoms with Gasteiger partial charge in [-0.05, 0) is 42.7 Å². The number of halogens is 1. The maximum absolute atomic E-state index is 11.9. The number of carbonyl (C=O) groups is 1. The second kappa shape index (κ2) is 11.0. The molecule has 1 aromatic carbocycles. The zero-order chi connectivity index (χ0) is 19.2. The van der Waals surface area contributed by atoms with Gasteiger partial charge in [0.1, 0.15) is 0 Å². The summed E-state index contributed by atoms with van der Waals surface area (Å²) in [6, 6.07) is 8.51. The smallest absolute Gasteiger partial charge is 0.222 e. The fraction of sp³-hybridized carbons (Fsp3) is 0.636. The molecule has 1 aromatic rings. The molecule has 1 N–H and O–H groups in total. The highest BCUT2D eigenvalue weighted by molar-refractivity contribution is 14.0. The normalized spacial score (nSPS) is 23.0. The van der Waals surface area contributed by atoms with Gasteiger partial charge in [-0.2, -0.15) is 0 Å². The van der Waals surface area contributed by atoms with Crippen LogP contribution in [0.1, 0.15) is 51.2 Å². The number of likely N-dealkylation sites (tertiary alicyclic amines) is 2. The first-order valence-corrected chi connectivity index (χ1v) is 10.4. The predicted molar refractivity (Wildman–Crippen MR) is 126 cm³/mol. The molecule has 0 aromatic heterocycles. The Morgan fingerprint density at radius 1 is 1.21 bits per heavy atom. The summed E-state index contributed by atoms with van der Waals surface area (Å²) in [6.07, 6.45) is 2.98. The number of rotatable bonds is 5. The highest BCUT2D eigenvalue weighted by Crippen LogP contribution is 2.21. The van der Waals surface area contributed by atoms with E-state index in [4.69, 9.17) is 4.99 Å². The molecule has 2 fully saturated rings. The molecule has 28 heavy (non-hydrogen) atoms. The lowest BCUT2D eigenvalue weighted by Gasteiger charge is -2.37. The molecule has 1 amide bonds. The van der Waals surface area contributed by atoms with Crippen LogP contribution in [0.2, 0.25) is 0 Å². The van der Waals surface area contributed by atoms with Crippen LogP contribution in [0.25, 0.3) is 0 Å². The average Bonchev–Trinajstić information content (AvgIpc) is 3.03. The molecule has 0 radical (unpaired) electrons. The Bertz CT molecular complexity index is 668. The zero-order valence-electron chi connectivity index (χ0n) is 17.5. The van der Waals surface area contributed by atoms with Crippen LogP contribution in [0, 0.1) is 11.8 Å². The van der Waals surface area contributed by atoms with E-state index in [0.29, 0.717) is 24.8 Å². The van der Waals surface area contributed by atoms with Crippen molar-refractivity contribution < 1.29 is 4.79 Å². The van der Waals surface area contributed by atoms with E-state index in [2.05, 4.69) is 55.3 Å². The van der Waals surface area contributed by atoms with Crippen LogP contribution in [0.4, 0.5) is 0 Å². The summed E-state index contributed by atoms with van der Waals surface area (Å²) in [4.78, 5) is 21.2. The number of piperidine rings is 1. The standard InChI is InChI=1S/C22H34N4O.HI/c1-4-23-22(26-14-17(2)11-18(3)15-26)24-13-19-7-5-8-20(12-19)16-25-10-6-9-21(25)27;/h5,7-8,12,17-18H,4,6,9-11,13-16H2,1-3H3,(H,23,24);1H. The van der Waals surface area contributed by atoms with E-state index in [9.17, 15) is 4.79 Å². The van der Waals surface area contributed by atoms with E-state index in [1.807, 2.05) is 4.90 Å². The summed E-state index contributed by atoms with van der Waals surface area (Å²) in [5, 5.41) is 3.47. The molecule has 0 spiro atoms. The number of nitrogens with one attached hydrogen (secondary N) is 1. The van der Waals surface area contributed by atoms with E-state index < -0.39 is 0 Å². The minimum absolute atomic E-state index is 0. The number of hydrogen-bond donors (Lipinski definition) is 1. The van der Waals surface area contributed by atoms with E-state index in [0.717, 1.165) is 45.1 Å². The molecule has 156 valence electrons. The fourth-order valence-electron chi connectivity index (χ4n) is 4.35. The first-order valence-electron chi connectivity index (χ1n) is 10.4. The second-order valence-corrected chi connectivity index (χ2v) is 8.26. The summed E-state index contributed by atoms with van der Waals surface area (Å²) < 4.78 is 0. The van der Waals surface area contributed by atoms with Crippen molar-refractivity contribution >= 4 is 35.8 Å². The average molecular weight is 498 g/mol. The van der Waals surface area contributed by atoms with Gasteiger partial charge in [0, 0.05) is 39.1 Å². The molecular formula is C22H35IN4O. The Balaban J connectivity index is 0.00000280. The summed E-state index contributed by atoms with van der Waals surface area (Å²) in [5.74, 6) is 2.72. The Labute approximate surface area is 187 Å². The Morgan fingerprint density at radius 3 is 2.57 bits per heavy atom. The van der Waals surface area contributed by atoms with Gasteiger partial charge >= 0.3 is 0 Å². The van der Waals surface area contributed by atoms with Crippen LogP contribution < -0.4 is 5.32 Å². The Morgan fingerprint density at radius 2 is 1.93 bits per heavy atom. The van der Waals surface area contributed by atoms with Crippen LogP contribution in [0.5, 0.6) is 0 Å². The van der Waals surface area contributed by atoms with Gasteiger partial charge in [0.2, 0.25) is 5.91 Å². The second-order valence-electron chi connectivity index (χ2n) is 8.26. The third kappa shape index (κ3) is 6.36. The van der Waals surface area contributed by atoms with Crippen molar-refractivity contribution in [1.29, 1.82) is 0 Å². The molecular weight excluding hydrogens is 463 g/mol. The summed E-state index contributed by atoms with van der Waals surface area (Å²) in [6.45, 7) is 12.1. The van der Waals surface area contributed by atoms with Crippen molar-refractivity contribution in [3.8, 4) is 0 Å². The zero-order valence-corrected chi connectivity index (χ0v) is 19.8. The topological polar surface area (TPSA) is 47.9 Å².